The molecule has 1 aromatic heterocycles. The van der Waals surface area contributed by atoms with Gasteiger partial charge in [0, 0.05) is 30.4 Å². The molecule has 1 saturated heterocycles. The standard InChI is InChI=1S/C16H16N2O2/c19-15-14(7-4-8-17-15)12-5-3-6-13(11-12)16(20)18-9-1-2-10-18/h3-8,11H,1-2,9-10H2,(H,17,19). The van der Waals surface area contributed by atoms with E-state index in [9.17, 15) is 9.59 Å². The van der Waals surface area contributed by atoms with Gasteiger partial charge < -0.3 is 9.88 Å². The van der Waals surface area contributed by atoms with Gasteiger partial charge in [-0.3, -0.25) is 9.59 Å². The Hall–Kier alpha value is -2.36. The number of aromatic amines is 1. The van der Waals surface area contributed by atoms with Gasteiger partial charge in [0.1, 0.15) is 0 Å². The number of benzene rings is 1. The number of hydrogen-bond acceptors (Lipinski definition) is 2. The number of amides is 1. The summed E-state index contributed by atoms with van der Waals surface area (Å²) in [6, 6.07) is 10.8. The topological polar surface area (TPSA) is 53.2 Å². The molecule has 4 nitrogen and oxygen atoms in total. The van der Waals surface area contributed by atoms with Crippen molar-refractivity contribution in [2.45, 2.75) is 12.8 Å². The molecular weight excluding hydrogens is 252 g/mol. The fourth-order valence-corrected chi connectivity index (χ4v) is 2.57. The van der Waals surface area contributed by atoms with E-state index in [0.29, 0.717) is 11.1 Å². The predicted octanol–water partition coefficient (Wildman–Crippen LogP) is 2.28. The van der Waals surface area contributed by atoms with Crippen LogP contribution < -0.4 is 5.56 Å². The first-order valence-corrected chi connectivity index (χ1v) is 6.83. The highest BCUT2D eigenvalue weighted by Crippen LogP contribution is 2.19. The van der Waals surface area contributed by atoms with Gasteiger partial charge in [0.15, 0.2) is 0 Å². The highest BCUT2D eigenvalue weighted by Gasteiger charge is 2.19. The molecule has 1 aliphatic heterocycles. The Bertz CT molecular complexity index is 685. The molecule has 20 heavy (non-hydrogen) atoms. The van der Waals surface area contributed by atoms with E-state index >= 15 is 0 Å². The van der Waals surface area contributed by atoms with Crippen LogP contribution in [0.2, 0.25) is 0 Å². The van der Waals surface area contributed by atoms with Crippen LogP contribution in [0, 0.1) is 0 Å². The third kappa shape index (κ3) is 2.37. The van der Waals surface area contributed by atoms with Crippen LogP contribution in [0.25, 0.3) is 11.1 Å². The van der Waals surface area contributed by atoms with Crippen molar-refractivity contribution in [3.63, 3.8) is 0 Å². The van der Waals surface area contributed by atoms with Crippen LogP contribution in [0.4, 0.5) is 0 Å². The molecule has 102 valence electrons. The van der Waals surface area contributed by atoms with Crippen LogP contribution >= 0.6 is 0 Å². The van der Waals surface area contributed by atoms with E-state index in [2.05, 4.69) is 4.98 Å². The highest BCUT2D eigenvalue weighted by molar-refractivity contribution is 5.95. The van der Waals surface area contributed by atoms with Gasteiger partial charge in [-0.2, -0.15) is 0 Å². The minimum absolute atomic E-state index is 0.0525. The van der Waals surface area contributed by atoms with Gasteiger partial charge in [-0.1, -0.05) is 12.1 Å². The second-order valence-corrected chi connectivity index (χ2v) is 4.99. The van der Waals surface area contributed by atoms with E-state index in [1.165, 1.54) is 0 Å². The molecule has 4 heteroatoms. The smallest absolute Gasteiger partial charge is 0.255 e. The van der Waals surface area contributed by atoms with Crippen LogP contribution in [0.3, 0.4) is 0 Å². The molecule has 0 bridgehead atoms. The number of rotatable bonds is 2. The maximum absolute atomic E-state index is 12.4. The summed E-state index contributed by atoms with van der Waals surface area (Å²) in [6.07, 6.45) is 3.75. The van der Waals surface area contributed by atoms with Crippen molar-refractivity contribution in [1.29, 1.82) is 0 Å². The van der Waals surface area contributed by atoms with Crippen LogP contribution in [0.1, 0.15) is 23.2 Å². The van der Waals surface area contributed by atoms with Crippen molar-refractivity contribution in [2.75, 3.05) is 13.1 Å². The number of carbonyl (C=O) groups excluding carboxylic acids is 1. The molecule has 3 rings (SSSR count). The Morgan fingerprint density at radius 1 is 1.10 bits per heavy atom. The summed E-state index contributed by atoms with van der Waals surface area (Å²) in [6.45, 7) is 1.66. The number of aromatic nitrogens is 1. The third-order valence-corrected chi connectivity index (χ3v) is 3.63. The minimum atomic E-state index is -0.140. The van der Waals surface area contributed by atoms with Crippen LogP contribution in [-0.4, -0.2) is 28.9 Å². The molecule has 1 aromatic carbocycles. The van der Waals surface area contributed by atoms with E-state index < -0.39 is 0 Å². The minimum Gasteiger partial charge on any atom is -0.339 e. The molecule has 0 aliphatic carbocycles. The van der Waals surface area contributed by atoms with Crippen LogP contribution in [-0.2, 0) is 0 Å². The average molecular weight is 268 g/mol. The Kier molecular flexibility index (Phi) is 3.37. The molecule has 2 heterocycles. The molecular formula is C16H16N2O2. The Labute approximate surface area is 117 Å². The Balaban J connectivity index is 1.96. The van der Waals surface area contributed by atoms with E-state index in [1.54, 1.807) is 30.5 Å². The number of H-pyrrole nitrogens is 1. The maximum atomic E-state index is 12.4. The molecule has 1 aliphatic rings. The van der Waals surface area contributed by atoms with Gasteiger partial charge in [-0.05, 0) is 42.7 Å². The number of nitrogens with one attached hydrogen (secondary N) is 1. The number of carbonyl (C=O) groups is 1. The number of pyridine rings is 1. The third-order valence-electron chi connectivity index (χ3n) is 3.63. The lowest BCUT2D eigenvalue weighted by Gasteiger charge is -2.15. The zero-order valence-electron chi connectivity index (χ0n) is 11.1. The molecule has 0 atom stereocenters. The first-order chi connectivity index (χ1) is 9.75. The summed E-state index contributed by atoms with van der Waals surface area (Å²) in [5, 5.41) is 0. The normalized spacial score (nSPS) is 14.5. The lowest BCUT2D eigenvalue weighted by Crippen LogP contribution is -2.27. The number of likely N-dealkylation sites (tertiary alicyclic amines) is 1. The largest absolute Gasteiger partial charge is 0.339 e. The summed E-state index contributed by atoms with van der Waals surface area (Å²) < 4.78 is 0. The first-order valence-electron chi connectivity index (χ1n) is 6.83. The van der Waals surface area contributed by atoms with Crippen LogP contribution in [0.15, 0.2) is 47.4 Å². The summed E-state index contributed by atoms with van der Waals surface area (Å²) in [7, 11) is 0. The molecule has 2 aromatic rings. The van der Waals surface area contributed by atoms with Crippen molar-refractivity contribution in [1.82, 2.24) is 9.88 Å². The zero-order valence-corrected chi connectivity index (χ0v) is 11.1. The lowest BCUT2D eigenvalue weighted by molar-refractivity contribution is 0.0793. The van der Waals surface area contributed by atoms with Gasteiger partial charge >= 0.3 is 0 Å². The molecule has 1 fully saturated rings. The van der Waals surface area contributed by atoms with Crippen molar-refractivity contribution >= 4 is 5.91 Å². The fraction of sp³-hybridized carbons (Fsp3) is 0.250. The van der Waals surface area contributed by atoms with Gasteiger partial charge in [-0.15, -0.1) is 0 Å². The van der Waals surface area contributed by atoms with Crippen molar-refractivity contribution < 1.29 is 4.79 Å². The van der Waals surface area contributed by atoms with E-state index in [0.717, 1.165) is 31.5 Å². The second kappa shape index (κ2) is 5.33. The van der Waals surface area contributed by atoms with Gasteiger partial charge in [0.2, 0.25) is 0 Å². The summed E-state index contributed by atoms with van der Waals surface area (Å²) in [5.41, 5.74) is 1.87. The van der Waals surface area contributed by atoms with Crippen molar-refractivity contribution in [3.05, 3.63) is 58.5 Å². The highest BCUT2D eigenvalue weighted by atomic mass is 16.2. The summed E-state index contributed by atoms with van der Waals surface area (Å²) >= 11 is 0. The maximum Gasteiger partial charge on any atom is 0.255 e. The van der Waals surface area contributed by atoms with Crippen molar-refractivity contribution in [3.8, 4) is 11.1 Å². The SMILES string of the molecule is O=C(c1cccc(-c2ccc[nH]c2=O)c1)N1CCCC1. The fourth-order valence-electron chi connectivity index (χ4n) is 2.57. The zero-order chi connectivity index (χ0) is 13.9. The second-order valence-electron chi connectivity index (χ2n) is 4.99. The predicted molar refractivity (Wildman–Crippen MR) is 77.6 cm³/mol. The van der Waals surface area contributed by atoms with Crippen molar-refractivity contribution in [2.24, 2.45) is 0 Å². The molecule has 0 unspecified atom stereocenters. The molecule has 1 N–H and O–H groups in total. The molecule has 1 amide bonds. The first kappa shape index (κ1) is 12.7. The molecule has 0 saturated carbocycles. The van der Waals surface area contributed by atoms with E-state index in [1.807, 2.05) is 17.0 Å². The quantitative estimate of drug-likeness (QED) is 0.908. The van der Waals surface area contributed by atoms with E-state index in [4.69, 9.17) is 0 Å². The average Bonchev–Trinajstić information content (AvgIpc) is 3.01. The summed E-state index contributed by atoms with van der Waals surface area (Å²) in [5.74, 6) is 0.0525. The monoisotopic (exact) mass is 268 g/mol. The molecule has 0 spiro atoms. The Morgan fingerprint density at radius 3 is 2.65 bits per heavy atom. The number of nitrogens with zero attached hydrogens (tertiary/aromatic N) is 1. The number of hydrogen-bond donors (Lipinski definition) is 1. The summed E-state index contributed by atoms with van der Waals surface area (Å²) in [4.78, 5) is 28.7. The Morgan fingerprint density at radius 2 is 1.90 bits per heavy atom. The van der Waals surface area contributed by atoms with Gasteiger partial charge in [-0.25, -0.2) is 0 Å². The van der Waals surface area contributed by atoms with Gasteiger partial charge in [0.25, 0.3) is 11.5 Å². The molecule has 0 radical (unpaired) electrons. The van der Waals surface area contributed by atoms with Crippen LogP contribution in [0.5, 0.6) is 0 Å². The van der Waals surface area contributed by atoms with Gasteiger partial charge in [0.05, 0.1) is 0 Å². The lowest BCUT2D eigenvalue weighted by atomic mass is 10.0. The van der Waals surface area contributed by atoms with E-state index in [-0.39, 0.29) is 11.5 Å².